The molecule has 2 heterocycles. The monoisotopic (exact) mass is 368 g/mol. The number of benzene rings is 1. The summed E-state index contributed by atoms with van der Waals surface area (Å²) in [6, 6.07) is 3.52. The zero-order valence-corrected chi connectivity index (χ0v) is 15.4. The fraction of sp³-hybridized carbons (Fsp3) is 0.611. The van der Waals surface area contributed by atoms with Crippen LogP contribution < -0.4 is 14.2 Å². The molecule has 0 aliphatic carbocycles. The highest BCUT2D eigenvalue weighted by molar-refractivity contribution is 5.75. The fourth-order valence-electron chi connectivity index (χ4n) is 3.11. The molecular formula is C18H24O8. The van der Waals surface area contributed by atoms with Crippen LogP contribution in [0.25, 0.3) is 0 Å². The van der Waals surface area contributed by atoms with Crippen molar-refractivity contribution in [3.05, 3.63) is 17.7 Å². The molecule has 1 N–H and O–H groups in total. The molecule has 2 aliphatic rings. The predicted octanol–water partition coefficient (Wildman–Crippen LogP) is 1.27. The van der Waals surface area contributed by atoms with E-state index in [4.69, 9.17) is 28.4 Å². The van der Waals surface area contributed by atoms with Crippen LogP contribution in [0, 0.1) is 5.92 Å². The Morgan fingerprint density at radius 1 is 1.23 bits per heavy atom. The van der Waals surface area contributed by atoms with Crippen molar-refractivity contribution >= 4 is 5.97 Å². The summed E-state index contributed by atoms with van der Waals surface area (Å²) in [6.45, 7) is 3.51. The predicted molar refractivity (Wildman–Crippen MR) is 89.3 cm³/mol. The highest BCUT2D eigenvalue weighted by atomic mass is 16.7. The standard InChI is InChI=1S/C18H24O8/c1-17(2)25-8-18(20,9-26-17)12(16(19)22-4)7-11-5-6-13-15(14(11)21-3)24-10-23-13/h5-6,12,20H,7-10H2,1-4H3/t12-/m1/s1. The van der Waals surface area contributed by atoms with Crippen LogP contribution in [0.15, 0.2) is 12.1 Å². The first-order valence-corrected chi connectivity index (χ1v) is 8.33. The molecule has 0 unspecified atom stereocenters. The average Bonchev–Trinajstić information content (AvgIpc) is 3.10. The number of methoxy groups -OCH3 is 2. The second-order valence-electron chi connectivity index (χ2n) is 6.85. The maximum absolute atomic E-state index is 12.4. The molecule has 0 bridgehead atoms. The van der Waals surface area contributed by atoms with E-state index in [-0.39, 0.29) is 26.4 Å². The van der Waals surface area contributed by atoms with E-state index in [0.717, 1.165) is 0 Å². The molecule has 0 spiro atoms. The second-order valence-corrected chi connectivity index (χ2v) is 6.85. The van der Waals surface area contributed by atoms with Crippen molar-refractivity contribution in [2.75, 3.05) is 34.2 Å². The van der Waals surface area contributed by atoms with E-state index in [9.17, 15) is 9.90 Å². The number of ether oxygens (including phenoxy) is 6. The van der Waals surface area contributed by atoms with Gasteiger partial charge in [-0.15, -0.1) is 0 Å². The van der Waals surface area contributed by atoms with Crippen molar-refractivity contribution in [2.24, 2.45) is 5.92 Å². The quantitative estimate of drug-likeness (QED) is 0.777. The molecule has 0 saturated carbocycles. The Morgan fingerprint density at radius 3 is 2.54 bits per heavy atom. The highest BCUT2D eigenvalue weighted by Gasteiger charge is 2.48. The summed E-state index contributed by atoms with van der Waals surface area (Å²) in [6.07, 6.45) is 0.163. The molecule has 3 rings (SSSR count). The van der Waals surface area contributed by atoms with Crippen LogP contribution >= 0.6 is 0 Å². The topological polar surface area (TPSA) is 92.7 Å². The van der Waals surface area contributed by atoms with E-state index in [2.05, 4.69) is 0 Å². The van der Waals surface area contributed by atoms with Crippen molar-refractivity contribution in [3.8, 4) is 17.2 Å². The molecule has 2 aliphatic heterocycles. The summed E-state index contributed by atoms with van der Waals surface area (Å²) in [4.78, 5) is 12.4. The minimum Gasteiger partial charge on any atom is -0.492 e. The number of carbonyl (C=O) groups is 1. The Balaban J connectivity index is 1.90. The van der Waals surface area contributed by atoms with E-state index in [1.54, 1.807) is 26.0 Å². The van der Waals surface area contributed by atoms with Gasteiger partial charge >= 0.3 is 5.97 Å². The zero-order chi connectivity index (χ0) is 18.9. The van der Waals surface area contributed by atoms with Gasteiger partial charge < -0.3 is 33.5 Å². The van der Waals surface area contributed by atoms with Crippen molar-refractivity contribution in [1.29, 1.82) is 0 Å². The molecule has 0 aromatic heterocycles. The van der Waals surface area contributed by atoms with Crippen LogP contribution in [0.1, 0.15) is 19.4 Å². The summed E-state index contributed by atoms with van der Waals surface area (Å²) in [5, 5.41) is 11.0. The molecule has 8 heteroatoms. The third-order valence-corrected chi connectivity index (χ3v) is 4.68. The Labute approximate surface area is 151 Å². The van der Waals surface area contributed by atoms with Crippen LogP contribution in [0.5, 0.6) is 17.2 Å². The minimum atomic E-state index is -1.52. The normalized spacial score (nSPS) is 21.1. The average molecular weight is 368 g/mol. The van der Waals surface area contributed by atoms with Gasteiger partial charge in [0.1, 0.15) is 5.60 Å². The van der Waals surface area contributed by atoms with Crippen molar-refractivity contribution in [1.82, 2.24) is 0 Å². The van der Waals surface area contributed by atoms with E-state index in [1.807, 2.05) is 0 Å². The molecule has 26 heavy (non-hydrogen) atoms. The van der Waals surface area contributed by atoms with E-state index >= 15 is 0 Å². The van der Waals surface area contributed by atoms with Gasteiger partial charge in [0.25, 0.3) is 0 Å². The molecule has 1 atom stereocenters. The lowest BCUT2D eigenvalue weighted by Crippen LogP contribution is -2.57. The Hall–Kier alpha value is -2.03. The lowest BCUT2D eigenvalue weighted by molar-refractivity contribution is -0.310. The third-order valence-electron chi connectivity index (χ3n) is 4.68. The van der Waals surface area contributed by atoms with Crippen LogP contribution in [0.2, 0.25) is 0 Å². The van der Waals surface area contributed by atoms with Gasteiger partial charge in [-0.25, -0.2) is 0 Å². The first kappa shape index (κ1) is 18.8. The van der Waals surface area contributed by atoms with Gasteiger partial charge in [-0.2, -0.15) is 0 Å². The maximum atomic E-state index is 12.4. The molecule has 0 amide bonds. The number of esters is 1. The van der Waals surface area contributed by atoms with Gasteiger partial charge in [-0.1, -0.05) is 6.07 Å². The number of hydrogen-bond acceptors (Lipinski definition) is 8. The number of carbonyl (C=O) groups excluding carboxylic acids is 1. The summed E-state index contributed by atoms with van der Waals surface area (Å²) in [7, 11) is 2.79. The smallest absolute Gasteiger partial charge is 0.312 e. The Kier molecular flexibility index (Phi) is 5.01. The molecular weight excluding hydrogens is 344 g/mol. The third kappa shape index (κ3) is 3.44. The van der Waals surface area contributed by atoms with Crippen molar-refractivity contribution < 1.29 is 38.3 Å². The molecule has 1 aromatic carbocycles. The van der Waals surface area contributed by atoms with Gasteiger partial charge in [0.15, 0.2) is 17.3 Å². The number of hydrogen-bond donors (Lipinski definition) is 1. The summed E-state index contributed by atoms with van der Waals surface area (Å²) < 4.78 is 32.3. The van der Waals surface area contributed by atoms with Gasteiger partial charge in [0.05, 0.1) is 33.4 Å². The van der Waals surface area contributed by atoms with E-state index < -0.39 is 23.3 Å². The van der Waals surface area contributed by atoms with Crippen LogP contribution in [0.4, 0.5) is 0 Å². The van der Waals surface area contributed by atoms with Gasteiger partial charge in [-0.05, 0) is 31.9 Å². The molecule has 144 valence electrons. The summed E-state index contributed by atoms with van der Waals surface area (Å²) in [5.74, 6) is -0.751. The molecule has 8 nitrogen and oxygen atoms in total. The summed E-state index contributed by atoms with van der Waals surface area (Å²) >= 11 is 0. The van der Waals surface area contributed by atoms with Crippen molar-refractivity contribution in [3.63, 3.8) is 0 Å². The SMILES string of the molecule is COC(=O)[C@@H](Cc1ccc2c(c1OC)OCO2)C1(O)COC(C)(C)OC1. The maximum Gasteiger partial charge on any atom is 0.312 e. The first-order valence-electron chi connectivity index (χ1n) is 8.33. The van der Waals surface area contributed by atoms with Crippen LogP contribution in [0.3, 0.4) is 0 Å². The lowest BCUT2D eigenvalue weighted by atomic mass is 9.82. The number of fused-ring (bicyclic) bond motifs is 1. The van der Waals surface area contributed by atoms with E-state index in [1.165, 1.54) is 14.2 Å². The minimum absolute atomic E-state index is 0.0490. The van der Waals surface area contributed by atoms with E-state index in [0.29, 0.717) is 22.8 Å². The second kappa shape index (κ2) is 6.94. The number of aliphatic hydroxyl groups is 1. The molecule has 0 radical (unpaired) electrons. The van der Waals surface area contributed by atoms with Gasteiger partial charge in [0.2, 0.25) is 12.5 Å². The van der Waals surface area contributed by atoms with Crippen LogP contribution in [-0.4, -0.2) is 56.7 Å². The molecule has 1 aromatic rings. The zero-order valence-electron chi connectivity index (χ0n) is 15.4. The van der Waals surface area contributed by atoms with Gasteiger partial charge in [0, 0.05) is 0 Å². The largest absolute Gasteiger partial charge is 0.492 e. The molecule has 1 fully saturated rings. The van der Waals surface area contributed by atoms with Gasteiger partial charge in [-0.3, -0.25) is 4.79 Å². The first-order chi connectivity index (χ1) is 12.3. The number of rotatable bonds is 5. The summed E-state index contributed by atoms with van der Waals surface area (Å²) in [5.41, 5.74) is -0.838. The highest BCUT2D eigenvalue weighted by Crippen LogP contribution is 2.44. The Bertz CT molecular complexity index is 674. The Morgan fingerprint density at radius 2 is 1.92 bits per heavy atom. The molecule has 1 saturated heterocycles. The van der Waals surface area contributed by atoms with Crippen LogP contribution in [-0.2, 0) is 25.4 Å². The fourth-order valence-corrected chi connectivity index (χ4v) is 3.11. The lowest BCUT2D eigenvalue weighted by Gasteiger charge is -2.43. The van der Waals surface area contributed by atoms with Crippen molar-refractivity contribution in [2.45, 2.75) is 31.7 Å².